The number of hydrogen-bond acceptors (Lipinski definition) is 4. The van der Waals surface area contributed by atoms with Crippen molar-refractivity contribution in [1.82, 2.24) is 9.97 Å². The van der Waals surface area contributed by atoms with Crippen molar-refractivity contribution in [3.63, 3.8) is 0 Å². The maximum absolute atomic E-state index is 12.2. The number of carbonyl (C=O) groups excluding carboxylic acids is 1. The Morgan fingerprint density at radius 2 is 1.82 bits per heavy atom. The molecular formula is C17H13ClN2OS. The molecule has 0 aliphatic carbocycles. The topological polar surface area (TPSA) is 42.9 Å². The molecule has 3 rings (SSSR count). The number of aryl methyl sites for hydroxylation is 1. The summed E-state index contributed by atoms with van der Waals surface area (Å²) in [4.78, 5) is 21.1. The van der Waals surface area contributed by atoms with E-state index in [9.17, 15) is 4.79 Å². The second-order valence-electron chi connectivity index (χ2n) is 4.81. The van der Waals surface area contributed by atoms with Gasteiger partial charge in [0.15, 0.2) is 5.78 Å². The second-order valence-corrected chi connectivity index (χ2v) is 6.21. The van der Waals surface area contributed by atoms with E-state index in [-0.39, 0.29) is 5.78 Å². The zero-order valence-corrected chi connectivity index (χ0v) is 13.5. The van der Waals surface area contributed by atoms with Gasteiger partial charge < -0.3 is 0 Å². The Morgan fingerprint density at radius 3 is 2.59 bits per heavy atom. The molecule has 0 atom stereocenters. The number of aromatic nitrogens is 2. The number of benzene rings is 2. The molecule has 0 radical (unpaired) electrons. The fourth-order valence-electron chi connectivity index (χ4n) is 2.12. The highest BCUT2D eigenvalue weighted by Crippen LogP contribution is 2.26. The molecule has 0 unspecified atom stereocenters. The molecule has 3 aromatic rings. The predicted octanol–water partition coefficient (Wildman–Crippen LogP) is 4.57. The first-order valence-electron chi connectivity index (χ1n) is 6.78. The van der Waals surface area contributed by atoms with Gasteiger partial charge in [0.2, 0.25) is 0 Å². The van der Waals surface area contributed by atoms with Crippen molar-refractivity contribution in [2.24, 2.45) is 0 Å². The molecule has 2 aromatic carbocycles. The number of rotatable bonds is 4. The van der Waals surface area contributed by atoms with Gasteiger partial charge in [-0.2, -0.15) is 0 Å². The van der Waals surface area contributed by atoms with Crippen molar-refractivity contribution < 1.29 is 4.79 Å². The number of para-hydroxylation sites is 1. The number of halogens is 1. The third-order valence-electron chi connectivity index (χ3n) is 3.19. The molecule has 0 fully saturated rings. The first-order valence-corrected chi connectivity index (χ1v) is 8.15. The van der Waals surface area contributed by atoms with Crippen LogP contribution in [0.4, 0.5) is 0 Å². The third-order valence-corrected chi connectivity index (χ3v) is 4.43. The Balaban J connectivity index is 1.82. The van der Waals surface area contributed by atoms with Crippen LogP contribution < -0.4 is 0 Å². The lowest BCUT2D eigenvalue weighted by molar-refractivity contribution is 0.102. The normalized spacial score (nSPS) is 10.8. The molecule has 0 saturated carbocycles. The molecule has 3 nitrogen and oxygen atoms in total. The van der Waals surface area contributed by atoms with Crippen LogP contribution in [-0.2, 0) is 0 Å². The molecule has 0 saturated heterocycles. The lowest BCUT2D eigenvalue weighted by atomic mass is 10.1. The van der Waals surface area contributed by atoms with Crippen LogP contribution in [0, 0.1) is 6.92 Å². The smallest absolute Gasteiger partial charge is 0.173 e. The van der Waals surface area contributed by atoms with Gasteiger partial charge in [-0.15, -0.1) is 0 Å². The Morgan fingerprint density at radius 1 is 1.09 bits per heavy atom. The first-order chi connectivity index (χ1) is 10.6. The van der Waals surface area contributed by atoms with E-state index in [0.717, 1.165) is 15.9 Å². The number of fused-ring (bicyclic) bond motifs is 1. The number of ketones is 1. The average molecular weight is 329 g/mol. The first kappa shape index (κ1) is 15.0. The summed E-state index contributed by atoms with van der Waals surface area (Å²) in [6, 6.07) is 14.8. The van der Waals surface area contributed by atoms with Crippen molar-refractivity contribution in [3.8, 4) is 0 Å². The lowest BCUT2D eigenvalue weighted by Gasteiger charge is -2.06. The molecule has 0 spiro atoms. The maximum atomic E-state index is 12.2. The SMILES string of the molecule is Cc1nc(SCC(=O)c2ccc(Cl)cc2)c2ccccc2n1. The zero-order valence-electron chi connectivity index (χ0n) is 11.9. The number of thioether (sulfide) groups is 1. The molecule has 1 aromatic heterocycles. The summed E-state index contributed by atoms with van der Waals surface area (Å²) >= 11 is 7.28. The highest BCUT2D eigenvalue weighted by atomic mass is 35.5. The maximum Gasteiger partial charge on any atom is 0.173 e. The van der Waals surface area contributed by atoms with E-state index in [1.807, 2.05) is 31.2 Å². The van der Waals surface area contributed by atoms with E-state index in [2.05, 4.69) is 9.97 Å². The summed E-state index contributed by atoms with van der Waals surface area (Å²) in [7, 11) is 0. The number of hydrogen-bond donors (Lipinski definition) is 0. The summed E-state index contributed by atoms with van der Waals surface area (Å²) in [5.41, 5.74) is 1.56. The minimum atomic E-state index is 0.0574. The number of nitrogens with zero attached hydrogens (tertiary/aromatic N) is 2. The summed E-state index contributed by atoms with van der Waals surface area (Å²) in [5, 5.41) is 2.44. The fraction of sp³-hybridized carbons (Fsp3) is 0.118. The van der Waals surface area contributed by atoms with Gasteiger partial charge in [0.05, 0.1) is 11.3 Å². The van der Waals surface area contributed by atoms with Crippen molar-refractivity contribution in [2.75, 3.05) is 5.75 Å². The number of Topliss-reactive ketones (excluding diaryl/α,β-unsaturated/α-hetero) is 1. The average Bonchev–Trinajstić information content (AvgIpc) is 2.52. The van der Waals surface area contributed by atoms with Gasteiger partial charge in [0.1, 0.15) is 10.9 Å². The van der Waals surface area contributed by atoms with Gasteiger partial charge in [0.25, 0.3) is 0 Å². The zero-order chi connectivity index (χ0) is 15.5. The molecule has 110 valence electrons. The second kappa shape index (κ2) is 6.46. The van der Waals surface area contributed by atoms with E-state index in [4.69, 9.17) is 11.6 Å². The summed E-state index contributed by atoms with van der Waals surface area (Å²) in [6.07, 6.45) is 0. The van der Waals surface area contributed by atoms with Crippen molar-refractivity contribution in [2.45, 2.75) is 11.9 Å². The molecule has 1 heterocycles. The number of carbonyl (C=O) groups is 1. The van der Waals surface area contributed by atoms with Crippen molar-refractivity contribution in [1.29, 1.82) is 0 Å². The van der Waals surface area contributed by atoms with E-state index in [1.54, 1.807) is 24.3 Å². The van der Waals surface area contributed by atoms with Crippen LogP contribution in [0.2, 0.25) is 5.02 Å². The standard InChI is InChI=1S/C17H13ClN2OS/c1-11-19-15-5-3-2-4-14(15)17(20-11)22-10-16(21)12-6-8-13(18)9-7-12/h2-9H,10H2,1H3. The Labute approximate surface area is 137 Å². The minimum absolute atomic E-state index is 0.0574. The van der Waals surface area contributed by atoms with Crippen molar-refractivity contribution in [3.05, 3.63) is 64.9 Å². The Bertz CT molecular complexity index is 834. The summed E-state index contributed by atoms with van der Waals surface area (Å²) < 4.78 is 0. The lowest BCUT2D eigenvalue weighted by Crippen LogP contribution is -2.03. The molecule has 22 heavy (non-hydrogen) atoms. The Hall–Kier alpha value is -1.91. The van der Waals surface area contributed by atoms with Crippen LogP contribution in [0.15, 0.2) is 53.6 Å². The molecular weight excluding hydrogens is 316 g/mol. The molecule has 0 N–H and O–H groups in total. The van der Waals surface area contributed by atoms with Gasteiger partial charge in [-0.05, 0) is 37.3 Å². The predicted molar refractivity (Wildman–Crippen MR) is 90.8 cm³/mol. The van der Waals surface area contributed by atoms with Crippen LogP contribution in [0.5, 0.6) is 0 Å². The van der Waals surface area contributed by atoms with Crippen molar-refractivity contribution >= 4 is 40.0 Å². The highest BCUT2D eigenvalue weighted by Gasteiger charge is 2.10. The van der Waals surface area contributed by atoms with Gasteiger partial charge >= 0.3 is 0 Å². The van der Waals surface area contributed by atoms with Gasteiger partial charge in [-0.3, -0.25) is 4.79 Å². The summed E-state index contributed by atoms with van der Waals surface area (Å²) in [6.45, 7) is 1.86. The quantitative estimate of drug-likeness (QED) is 0.400. The Kier molecular flexibility index (Phi) is 4.41. The van der Waals surface area contributed by atoms with E-state index < -0.39 is 0 Å². The van der Waals surface area contributed by atoms with E-state index in [1.165, 1.54) is 11.8 Å². The van der Waals surface area contributed by atoms with Gasteiger partial charge in [-0.1, -0.05) is 41.6 Å². The fourth-order valence-corrected chi connectivity index (χ4v) is 3.21. The molecule has 5 heteroatoms. The largest absolute Gasteiger partial charge is 0.293 e. The van der Waals surface area contributed by atoms with E-state index >= 15 is 0 Å². The van der Waals surface area contributed by atoms with Crippen LogP contribution in [0.25, 0.3) is 10.9 Å². The monoisotopic (exact) mass is 328 g/mol. The molecule has 0 aliphatic rings. The van der Waals surface area contributed by atoms with Crippen LogP contribution in [-0.4, -0.2) is 21.5 Å². The molecule has 0 amide bonds. The van der Waals surface area contributed by atoms with Crippen LogP contribution in [0.3, 0.4) is 0 Å². The van der Waals surface area contributed by atoms with Gasteiger partial charge in [-0.25, -0.2) is 9.97 Å². The molecule has 0 bridgehead atoms. The third kappa shape index (κ3) is 3.29. The van der Waals surface area contributed by atoms with E-state index in [0.29, 0.717) is 22.2 Å². The van der Waals surface area contributed by atoms with Crippen LogP contribution >= 0.6 is 23.4 Å². The molecule has 0 aliphatic heterocycles. The van der Waals surface area contributed by atoms with Gasteiger partial charge in [0, 0.05) is 16.0 Å². The highest BCUT2D eigenvalue weighted by molar-refractivity contribution is 8.00. The summed E-state index contributed by atoms with van der Waals surface area (Å²) in [5.74, 6) is 1.10. The minimum Gasteiger partial charge on any atom is -0.293 e. The van der Waals surface area contributed by atoms with Crippen LogP contribution in [0.1, 0.15) is 16.2 Å².